The van der Waals surface area contributed by atoms with Gasteiger partial charge >= 0.3 is 0 Å². The Bertz CT molecular complexity index is 173. The molecular formula is C5H8N2S. The van der Waals surface area contributed by atoms with Gasteiger partial charge in [-0.25, -0.2) is 4.98 Å². The van der Waals surface area contributed by atoms with E-state index in [4.69, 9.17) is 0 Å². The van der Waals surface area contributed by atoms with Crippen LogP contribution in [0.4, 0.5) is 0 Å². The Balaban J connectivity index is 3.14. The van der Waals surface area contributed by atoms with E-state index in [-0.39, 0.29) is 0 Å². The minimum atomic E-state index is 0.782. The number of nitrogens with zero attached hydrogens (tertiary/aromatic N) is 2. The number of hydrogen-bond donors (Lipinski definition) is 1. The van der Waals surface area contributed by atoms with Crippen molar-refractivity contribution in [1.82, 2.24) is 9.55 Å². The van der Waals surface area contributed by atoms with Crippen LogP contribution in [0.3, 0.4) is 0 Å². The van der Waals surface area contributed by atoms with Gasteiger partial charge in [0.2, 0.25) is 0 Å². The van der Waals surface area contributed by atoms with Crippen LogP contribution < -0.4 is 0 Å². The zero-order chi connectivity index (χ0) is 6.15. The first-order chi connectivity index (χ1) is 3.70. The Labute approximate surface area is 54.0 Å². The zero-order valence-electron chi connectivity index (χ0n) is 4.92. The van der Waals surface area contributed by atoms with Gasteiger partial charge in [0.15, 0.2) is 0 Å². The van der Waals surface area contributed by atoms with Crippen LogP contribution in [0.25, 0.3) is 0 Å². The molecule has 0 aliphatic carbocycles. The maximum atomic E-state index is 4.04. The van der Waals surface area contributed by atoms with Crippen molar-refractivity contribution in [3.8, 4) is 0 Å². The quantitative estimate of drug-likeness (QED) is 0.516. The average Bonchev–Trinajstić information content (AvgIpc) is 1.85. The number of aromatic nitrogens is 2. The number of rotatable bonds is 0. The van der Waals surface area contributed by atoms with Crippen molar-refractivity contribution in [3.63, 3.8) is 0 Å². The van der Waals surface area contributed by atoms with Crippen molar-refractivity contribution < 1.29 is 0 Å². The van der Waals surface area contributed by atoms with Gasteiger partial charge < -0.3 is 4.57 Å². The smallest absolute Gasteiger partial charge is 0.111 e. The van der Waals surface area contributed by atoms with E-state index in [0.29, 0.717) is 0 Å². The van der Waals surface area contributed by atoms with Crippen molar-refractivity contribution in [2.75, 3.05) is 0 Å². The minimum absolute atomic E-state index is 0.782. The molecule has 0 atom stereocenters. The van der Waals surface area contributed by atoms with E-state index < -0.39 is 0 Å². The van der Waals surface area contributed by atoms with E-state index in [2.05, 4.69) is 17.6 Å². The molecule has 3 heteroatoms. The standard InChI is InChI=1S/C5H8N2S/c1-4-6-5(8)3-7(4)2/h3,8H,1-2H3. The monoisotopic (exact) mass is 128 g/mol. The van der Waals surface area contributed by atoms with Crippen LogP contribution in [0, 0.1) is 6.92 Å². The molecule has 0 amide bonds. The zero-order valence-corrected chi connectivity index (χ0v) is 5.81. The maximum absolute atomic E-state index is 4.04. The SMILES string of the molecule is Cc1nc(S)cn1C. The second kappa shape index (κ2) is 1.82. The molecule has 1 aromatic heterocycles. The minimum Gasteiger partial charge on any atom is -0.337 e. The van der Waals surface area contributed by atoms with E-state index >= 15 is 0 Å². The number of imidazole rings is 1. The molecule has 0 aromatic carbocycles. The van der Waals surface area contributed by atoms with Crippen LogP contribution in [0.1, 0.15) is 5.82 Å². The van der Waals surface area contributed by atoms with E-state index in [1.807, 2.05) is 24.7 Å². The Hall–Kier alpha value is -0.440. The number of aryl methyl sites for hydroxylation is 2. The van der Waals surface area contributed by atoms with E-state index in [9.17, 15) is 0 Å². The summed E-state index contributed by atoms with van der Waals surface area (Å²) >= 11 is 4.04. The third kappa shape index (κ3) is 0.865. The Morgan fingerprint density at radius 2 is 2.38 bits per heavy atom. The number of thiol groups is 1. The van der Waals surface area contributed by atoms with Gasteiger partial charge in [0.25, 0.3) is 0 Å². The van der Waals surface area contributed by atoms with Gasteiger partial charge in [-0.2, -0.15) is 0 Å². The molecule has 0 bridgehead atoms. The second-order valence-electron chi connectivity index (χ2n) is 1.76. The second-order valence-corrected chi connectivity index (χ2v) is 2.22. The molecule has 0 aliphatic rings. The van der Waals surface area contributed by atoms with Crippen LogP contribution in [-0.4, -0.2) is 9.55 Å². The Kier molecular flexibility index (Phi) is 1.29. The summed E-state index contributed by atoms with van der Waals surface area (Å²) < 4.78 is 1.93. The predicted molar refractivity (Wildman–Crippen MR) is 35.2 cm³/mol. The summed E-state index contributed by atoms with van der Waals surface area (Å²) in [6.07, 6.45) is 1.87. The van der Waals surface area contributed by atoms with Crippen LogP contribution >= 0.6 is 12.6 Å². The molecule has 1 rings (SSSR count). The molecule has 0 radical (unpaired) electrons. The van der Waals surface area contributed by atoms with Crippen LogP contribution in [0.15, 0.2) is 11.2 Å². The fourth-order valence-corrected chi connectivity index (χ4v) is 0.858. The van der Waals surface area contributed by atoms with Gasteiger partial charge in [0.05, 0.1) is 0 Å². The summed E-state index contributed by atoms with van der Waals surface area (Å²) in [7, 11) is 1.95. The highest BCUT2D eigenvalue weighted by molar-refractivity contribution is 7.80. The predicted octanol–water partition coefficient (Wildman–Crippen LogP) is 1.02. The Morgan fingerprint density at radius 1 is 1.75 bits per heavy atom. The fourth-order valence-electron chi connectivity index (χ4n) is 0.540. The van der Waals surface area contributed by atoms with Gasteiger partial charge in [-0.15, -0.1) is 12.6 Å². The van der Waals surface area contributed by atoms with Crippen molar-refractivity contribution >= 4 is 12.6 Å². The first-order valence-corrected chi connectivity index (χ1v) is 2.84. The molecule has 0 N–H and O–H groups in total. The third-order valence-electron chi connectivity index (χ3n) is 1.10. The maximum Gasteiger partial charge on any atom is 0.111 e. The lowest BCUT2D eigenvalue weighted by Crippen LogP contribution is -1.86. The largest absolute Gasteiger partial charge is 0.337 e. The molecule has 0 spiro atoms. The lowest BCUT2D eigenvalue weighted by Gasteiger charge is -1.87. The van der Waals surface area contributed by atoms with Crippen LogP contribution in [-0.2, 0) is 7.05 Å². The summed E-state index contributed by atoms with van der Waals surface area (Å²) in [6, 6.07) is 0. The highest BCUT2D eigenvalue weighted by Crippen LogP contribution is 2.02. The van der Waals surface area contributed by atoms with Crippen molar-refractivity contribution in [3.05, 3.63) is 12.0 Å². The molecule has 0 aliphatic heterocycles. The lowest BCUT2D eigenvalue weighted by atomic mass is 10.7. The normalized spacial score (nSPS) is 9.88. The molecule has 1 heterocycles. The molecule has 44 valence electrons. The lowest BCUT2D eigenvalue weighted by molar-refractivity contribution is 0.858. The van der Waals surface area contributed by atoms with Crippen LogP contribution in [0.2, 0.25) is 0 Å². The molecule has 0 unspecified atom stereocenters. The Morgan fingerprint density at radius 3 is 2.50 bits per heavy atom. The molecule has 1 aromatic rings. The molecule has 0 saturated heterocycles. The topological polar surface area (TPSA) is 17.8 Å². The van der Waals surface area contributed by atoms with Crippen molar-refractivity contribution in [1.29, 1.82) is 0 Å². The van der Waals surface area contributed by atoms with Gasteiger partial charge in [-0.3, -0.25) is 0 Å². The van der Waals surface area contributed by atoms with Gasteiger partial charge in [-0.05, 0) is 6.92 Å². The third-order valence-corrected chi connectivity index (χ3v) is 1.31. The number of hydrogen-bond acceptors (Lipinski definition) is 2. The summed E-state index contributed by atoms with van der Waals surface area (Å²) in [6.45, 7) is 1.94. The summed E-state index contributed by atoms with van der Waals surface area (Å²) in [4.78, 5) is 4.04. The molecule has 0 saturated carbocycles. The van der Waals surface area contributed by atoms with E-state index in [0.717, 1.165) is 10.9 Å². The van der Waals surface area contributed by atoms with Gasteiger partial charge in [0, 0.05) is 13.2 Å². The highest BCUT2D eigenvalue weighted by Gasteiger charge is 1.92. The van der Waals surface area contributed by atoms with E-state index in [1.165, 1.54) is 0 Å². The summed E-state index contributed by atoms with van der Waals surface area (Å²) in [5, 5.41) is 0.782. The molecule has 2 nitrogen and oxygen atoms in total. The summed E-state index contributed by atoms with van der Waals surface area (Å²) in [5.74, 6) is 0.995. The average molecular weight is 128 g/mol. The van der Waals surface area contributed by atoms with Crippen LogP contribution in [0.5, 0.6) is 0 Å². The fraction of sp³-hybridized carbons (Fsp3) is 0.400. The van der Waals surface area contributed by atoms with Crippen molar-refractivity contribution in [2.45, 2.75) is 11.9 Å². The first-order valence-electron chi connectivity index (χ1n) is 2.39. The molecule has 8 heavy (non-hydrogen) atoms. The first kappa shape index (κ1) is 5.69. The van der Waals surface area contributed by atoms with Gasteiger partial charge in [-0.1, -0.05) is 0 Å². The van der Waals surface area contributed by atoms with E-state index in [1.54, 1.807) is 0 Å². The highest BCUT2D eigenvalue weighted by atomic mass is 32.1. The molecular weight excluding hydrogens is 120 g/mol. The molecule has 0 fully saturated rings. The van der Waals surface area contributed by atoms with Gasteiger partial charge in [0.1, 0.15) is 10.9 Å². The summed E-state index contributed by atoms with van der Waals surface area (Å²) in [5.41, 5.74) is 0. The van der Waals surface area contributed by atoms with Crippen molar-refractivity contribution in [2.24, 2.45) is 7.05 Å².